The number of carbonyl (C=O) groups excluding carboxylic acids is 2. The van der Waals surface area contributed by atoms with Gasteiger partial charge in [-0.2, -0.15) is 5.26 Å². The van der Waals surface area contributed by atoms with Crippen LogP contribution in [0.2, 0.25) is 5.02 Å². The minimum Gasteiger partial charge on any atom is -0.453 e. The van der Waals surface area contributed by atoms with Crippen LogP contribution in [-0.4, -0.2) is 55.1 Å². The third-order valence-electron chi connectivity index (χ3n) is 3.55. The highest BCUT2D eigenvalue weighted by atomic mass is 35.5. The summed E-state index contributed by atoms with van der Waals surface area (Å²) in [5.41, 5.74) is 0.419. The zero-order valence-corrected chi connectivity index (χ0v) is 13.9. The first kappa shape index (κ1) is 17.6. The predicted octanol–water partition coefficient (Wildman–Crippen LogP) is 2.07. The van der Waals surface area contributed by atoms with Crippen LogP contribution in [0.1, 0.15) is 0 Å². The van der Waals surface area contributed by atoms with Crippen molar-refractivity contribution in [1.82, 2.24) is 9.80 Å². The molecule has 1 aliphatic rings. The van der Waals surface area contributed by atoms with Gasteiger partial charge in [0.1, 0.15) is 11.6 Å². The Balaban J connectivity index is 2.00. The number of carbonyl (C=O) groups is 2. The first-order valence-electron chi connectivity index (χ1n) is 7.30. The summed E-state index contributed by atoms with van der Waals surface area (Å²) in [5.74, 6) is -0.527. The summed E-state index contributed by atoms with van der Waals surface area (Å²) >= 11 is 5.99. The summed E-state index contributed by atoms with van der Waals surface area (Å²) in [5, 5.41) is 12.2. The average Bonchev–Trinajstić information content (AvgIpc) is 2.61. The Morgan fingerprint density at radius 1 is 1.29 bits per heavy atom. The van der Waals surface area contributed by atoms with Crippen molar-refractivity contribution in [2.75, 3.05) is 38.6 Å². The van der Waals surface area contributed by atoms with Crippen LogP contribution < -0.4 is 5.32 Å². The maximum Gasteiger partial charge on any atom is 0.409 e. The van der Waals surface area contributed by atoms with Crippen molar-refractivity contribution in [2.24, 2.45) is 0 Å². The predicted molar refractivity (Wildman–Crippen MR) is 89.3 cm³/mol. The van der Waals surface area contributed by atoms with Crippen LogP contribution >= 0.6 is 11.6 Å². The van der Waals surface area contributed by atoms with Gasteiger partial charge in [-0.3, -0.25) is 4.79 Å². The topological polar surface area (TPSA) is 85.7 Å². The highest BCUT2D eigenvalue weighted by Crippen LogP contribution is 2.21. The molecule has 1 aromatic carbocycles. The number of para-hydroxylation sites is 1. The van der Waals surface area contributed by atoms with E-state index in [1.54, 1.807) is 29.2 Å². The molecule has 0 bridgehead atoms. The standard InChI is InChI=1S/C16H17ClN4O3/c1-24-16(23)21-8-6-20(7-9-21)11-12(10-18)15(22)19-14-5-3-2-4-13(14)17/h2-5,11H,6-9H2,1H3,(H,19,22)/b12-11-. The number of benzene rings is 1. The van der Waals surface area contributed by atoms with Crippen LogP contribution in [-0.2, 0) is 9.53 Å². The Hall–Kier alpha value is -2.72. The average molecular weight is 349 g/mol. The molecule has 8 heteroatoms. The third kappa shape index (κ3) is 4.40. The Labute approximate surface area is 145 Å². The van der Waals surface area contributed by atoms with E-state index in [9.17, 15) is 14.9 Å². The van der Waals surface area contributed by atoms with Crippen LogP contribution in [0.25, 0.3) is 0 Å². The fraction of sp³-hybridized carbons (Fsp3) is 0.312. The van der Waals surface area contributed by atoms with Crippen molar-refractivity contribution in [2.45, 2.75) is 0 Å². The van der Waals surface area contributed by atoms with E-state index in [1.165, 1.54) is 13.3 Å². The second-order valence-electron chi connectivity index (χ2n) is 5.08. The minimum absolute atomic E-state index is 0.0264. The smallest absolute Gasteiger partial charge is 0.409 e. The third-order valence-corrected chi connectivity index (χ3v) is 3.88. The molecule has 0 saturated carbocycles. The van der Waals surface area contributed by atoms with Gasteiger partial charge in [0.2, 0.25) is 0 Å². The molecule has 0 radical (unpaired) electrons. The summed E-state index contributed by atoms with van der Waals surface area (Å²) in [4.78, 5) is 27.0. The highest BCUT2D eigenvalue weighted by Gasteiger charge is 2.21. The number of nitrogens with one attached hydrogen (secondary N) is 1. The van der Waals surface area contributed by atoms with Gasteiger partial charge in [0, 0.05) is 32.4 Å². The maximum atomic E-state index is 12.2. The number of nitrogens with zero attached hydrogens (tertiary/aromatic N) is 3. The molecule has 24 heavy (non-hydrogen) atoms. The van der Waals surface area contributed by atoms with Gasteiger partial charge in [-0.25, -0.2) is 4.79 Å². The molecule has 0 aromatic heterocycles. The van der Waals surface area contributed by atoms with E-state index >= 15 is 0 Å². The van der Waals surface area contributed by atoms with Crippen molar-refractivity contribution in [1.29, 1.82) is 5.26 Å². The molecule has 1 heterocycles. The largest absolute Gasteiger partial charge is 0.453 e. The molecule has 1 aromatic rings. The van der Waals surface area contributed by atoms with Gasteiger partial charge in [-0.05, 0) is 12.1 Å². The van der Waals surface area contributed by atoms with Gasteiger partial charge >= 0.3 is 6.09 Å². The minimum atomic E-state index is -0.527. The SMILES string of the molecule is COC(=O)N1CCN(/C=C(/C#N)C(=O)Nc2ccccc2Cl)CC1. The number of anilines is 1. The summed E-state index contributed by atoms with van der Waals surface area (Å²) in [6.07, 6.45) is 1.12. The summed E-state index contributed by atoms with van der Waals surface area (Å²) in [6, 6.07) is 8.69. The van der Waals surface area contributed by atoms with Crippen molar-refractivity contribution >= 4 is 29.3 Å². The first-order chi connectivity index (χ1) is 11.5. The van der Waals surface area contributed by atoms with Gasteiger partial charge < -0.3 is 19.9 Å². The molecule has 1 fully saturated rings. The van der Waals surface area contributed by atoms with Gasteiger partial charge in [-0.15, -0.1) is 0 Å². The molecule has 2 rings (SSSR count). The number of nitriles is 1. The quantitative estimate of drug-likeness (QED) is 0.667. The fourth-order valence-corrected chi connectivity index (χ4v) is 2.42. The molecule has 0 aliphatic carbocycles. The van der Waals surface area contributed by atoms with Gasteiger partial charge in [0.15, 0.2) is 0 Å². The van der Waals surface area contributed by atoms with Crippen molar-refractivity contribution in [3.8, 4) is 6.07 Å². The monoisotopic (exact) mass is 348 g/mol. The van der Waals surface area contributed by atoms with E-state index in [0.717, 1.165) is 0 Å². The lowest BCUT2D eigenvalue weighted by molar-refractivity contribution is -0.112. The first-order valence-corrected chi connectivity index (χ1v) is 7.67. The number of ether oxygens (including phenoxy) is 1. The van der Waals surface area contributed by atoms with Gasteiger partial charge in [-0.1, -0.05) is 23.7 Å². The van der Waals surface area contributed by atoms with E-state index in [-0.39, 0.29) is 11.7 Å². The Bertz CT molecular complexity index is 691. The molecule has 1 saturated heterocycles. The molecular weight excluding hydrogens is 332 g/mol. The number of halogens is 1. The number of hydrogen-bond donors (Lipinski definition) is 1. The van der Waals surface area contributed by atoms with Crippen LogP contribution in [0.15, 0.2) is 36.0 Å². The fourth-order valence-electron chi connectivity index (χ4n) is 2.24. The second-order valence-corrected chi connectivity index (χ2v) is 5.49. The number of amides is 2. The lowest BCUT2D eigenvalue weighted by Crippen LogP contribution is -2.47. The van der Waals surface area contributed by atoms with Crippen LogP contribution in [0.4, 0.5) is 10.5 Å². The van der Waals surface area contributed by atoms with E-state index < -0.39 is 5.91 Å². The molecule has 1 N–H and O–H groups in total. The second kappa shape index (κ2) is 8.22. The number of methoxy groups -OCH3 is 1. The molecule has 0 spiro atoms. The van der Waals surface area contributed by atoms with Crippen LogP contribution in [0, 0.1) is 11.3 Å². The Morgan fingerprint density at radius 2 is 1.96 bits per heavy atom. The Kier molecular flexibility index (Phi) is 6.04. The highest BCUT2D eigenvalue weighted by molar-refractivity contribution is 6.33. The molecule has 126 valence electrons. The molecular formula is C16H17ClN4O3. The molecule has 0 unspecified atom stereocenters. The molecule has 1 aliphatic heterocycles. The summed E-state index contributed by atoms with van der Waals surface area (Å²) in [7, 11) is 1.33. The van der Waals surface area contributed by atoms with E-state index in [0.29, 0.717) is 36.9 Å². The molecule has 0 atom stereocenters. The summed E-state index contributed by atoms with van der Waals surface area (Å²) < 4.78 is 4.67. The van der Waals surface area contributed by atoms with E-state index in [2.05, 4.69) is 10.1 Å². The van der Waals surface area contributed by atoms with Gasteiger partial charge in [0.05, 0.1) is 17.8 Å². The van der Waals surface area contributed by atoms with Crippen LogP contribution in [0.5, 0.6) is 0 Å². The Morgan fingerprint density at radius 3 is 2.54 bits per heavy atom. The molecule has 2 amide bonds. The van der Waals surface area contributed by atoms with E-state index in [1.807, 2.05) is 11.0 Å². The van der Waals surface area contributed by atoms with Crippen molar-refractivity contribution in [3.05, 3.63) is 41.1 Å². The number of piperazine rings is 1. The normalized spacial score (nSPS) is 14.8. The summed E-state index contributed by atoms with van der Waals surface area (Å²) in [6.45, 7) is 1.96. The van der Waals surface area contributed by atoms with Crippen LogP contribution in [0.3, 0.4) is 0 Å². The lowest BCUT2D eigenvalue weighted by atomic mass is 10.2. The zero-order valence-electron chi connectivity index (χ0n) is 13.2. The zero-order chi connectivity index (χ0) is 17.5. The lowest BCUT2D eigenvalue weighted by Gasteiger charge is -2.33. The van der Waals surface area contributed by atoms with E-state index in [4.69, 9.17) is 11.6 Å². The number of rotatable bonds is 3. The number of hydrogen-bond acceptors (Lipinski definition) is 5. The van der Waals surface area contributed by atoms with Crippen molar-refractivity contribution in [3.63, 3.8) is 0 Å². The van der Waals surface area contributed by atoms with Gasteiger partial charge in [0.25, 0.3) is 5.91 Å². The van der Waals surface area contributed by atoms with Crippen molar-refractivity contribution < 1.29 is 14.3 Å². The maximum absolute atomic E-state index is 12.2. The molecule has 7 nitrogen and oxygen atoms in total.